The van der Waals surface area contributed by atoms with Crippen LogP contribution in [0.3, 0.4) is 0 Å². The highest BCUT2D eigenvalue weighted by molar-refractivity contribution is 5.86. The number of aliphatic imine (C=N–C) groups is 1. The number of benzene rings is 2. The predicted molar refractivity (Wildman–Crippen MR) is 76.7 cm³/mol. The molecule has 0 radical (unpaired) electrons. The molecule has 0 aliphatic heterocycles. The average molecular weight is 234 g/mol. The molecule has 3 rings (SSSR count). The van der Waals surface area contributed by atoms with Crippen LogP contribution in [0.2, 0.25) is 0 Å². The second-order valence-electron chi connectivity index (χ2n) is 4.36. The minimum atomic E-state index is 0.966. The summed E-state index contributed by atoms with van der Waals surface area (Å²) in [5.41, 5.74) is 4.48. The molecule has 0 atom stereocenters. The van der Waals surface area contributed by atoms with Crippen LogP contribution in [-0.4, -0.2) is 11.2 Å². The number of rotatable bonds is 2. The van der Waals surface area contributed by atoms with Crippen LogP contribution in [0.4, 0.5) is 5.69 Å². The van der Waals surface area contributed by atoms with Crippen LogP contribution in [0, 0.1) is 6.92 Å². The third kappa shape index (κ3) is 2.05. The molecule has 0 aliphatic rings. The third-order valence-electron chi connectivity index (χ3n) is 3.08. The number of hydrogen-bond acceptors (Lipinski definition) is 1. The van der Waals surface area contributed by atoms with Crippen LogP contribution in [0.5, 0.6) is 0 Å². The first kappa shape index (κ1) is 10.8. The smallest absolute Gasteiger partial charge is 0.0650 e. The summed E-state index contributed by atoms with van der Waals surface area (Å²) in [6.07, 6.45) is 3.86. The summed E-state index contributed by atoms with van der Waals surface area (Å²) in [5.74, 6) is 0. The standard InChI is InChI=1S/C16H14N2/c1-12-4-2-3-5-14(12)11-18-15-7-6-13-8-9-17-16(13)10-15/h2-11,17H,1H3. The Morgan fingerprint density at radius 3 is 2.83 bits per heavy atom. The van der Waals surface area contributed by atoms with E-state index < -0.39 is 0 Å². The van der Waals surface area contributed by atoms with Gasteiger partial charge in [-0.05, 0) is 41.6 Å². The van der Waals surface area contributed by atoms with Gasteiger partial charge in [-0.15, -0.1) is 0 Å². The summed E-state index contributed by atoms with van der Waals surface area (Å²) in [5, 5.41) is 1.21. The highest BCUT2D eigenvalue weighted by Gasteiger charge is 1.96. The fourth-order valence-electron chi connectivity index (χ4n) is 1.99. The summed E-state index contributed by atoms with van der Waals surface area (Å²) in [7, 11) is 0. The van der Waals surface area contributed by atoms with Gasteiger partial charge < -0.3 is 4.98 Å². The van der Waals surface area contributed by atoms with E-state index in [0.29, 0.717) is 0 Å². The van der Waals surface area contributed by atoms with Crippen molar-refractivity contribution in [2.45, 2.75) is 6.92 Å². The molecule has 2 nitrogen and oxygen atoms in total. The molecule has 0 fully saturated rings. The number of nitrogens with one attached hydrogen (secondary N) is 1. The zero-order valence-electron chi connectivity index (χ0n) is 10.2. The van der Waals surface area contributed by atoms with Gasteiger partial charge in [0.1, 0.15) is 0 Å². The first-order valence-corrected chi connectivity index (χ1v) is 6.00. The van der Waals surface area contributed by atoms with E-state index >= 15 is 0 Å². The van der Waals surface area contributed by atoms with Crippen LogP contribution < -0.4 is 0 Å². The second-order valence-corrected chi connectivity index (χ2v) is 4.36. The molecule has 0 unspecified atom stereocenters. The number of aromatic amines is 1. The summed E-state index contributed by atoms with van der Waals surface area (Å²) < 4.78 is 0. The average Bonchev–Trinajstić information content (AvgIpc) is 2.85. The number of aromatic nitrogens is 1. The Morgan fingerprint density at radius 2 is 1.94 bits per heavy atom. The largest absolute Gasteiger partial charge is 0.361 e. The van der Waals surface area contributed by atoms with Gasteiger partial charge in [0.15, 0.2) is 0 Å². The van der Waals surface area contributed by atoms with Crippen LogP contribution in [0.1, 0.15) is 11.1 Å². The van der Waals surface area contributed by atoms with E-state index in [-0.39, 0.29) is 0 Å². The molecule has 0 aliphatic carbocycles. The predicted octanol–water partition coefficient (Wildman–Crippen LogP) is 4.23. The number of nitrogens with zero attached hydrogens (tertiary/aromatic N) is 1. The summed E-state index contributed by atoms with van der Waals surface area (Å²) in [6, 6.07) is 16.5. The maximum absolute atomic E-state index is 4.52. The minimum absolute atomic E-state index is 0.966. The molecule has 0 amide bonds. The van der Waals surface area contributed by atoms with Crippen molar-refractivity contribution in [3.8, 4) is 0 Å². The molecule has 0 saturated carbocycles. The van der Waals surface area contributed by atoms with Gasteiger partial charge in [0.05, 0.1) is 5.69 Å². The molecular weight excluding hydrogens is 220 g/mol. The van der Waals surface area contributed by atoms with Gasteiger partial charge in [0, 0.05) is 17.9 Å². The topological polar surface area (TPSA) is 28.1 Å². The lowest BCUT2D eigenvalue weighted by atomic mass is 10.1. The second kappa shape index (κ2) is 4.49. The van der Waals surface area contributed by atoms with E-state index in [9.17, 15) is 0 Å². The molecule has 0 spiro atoms. The van der Waals surface area contributed by atoms with Gasteiger partial charge in [0.2, 0.25) is 0 Å². The lowest BCUT2D eigenvalue weighted by Gasteiger charge is -1.98. The number of H-pyrrole nitrogens is 1. The van der Waals surface area contributed by atoms with E-state index in [1.54, 1.807) is 0 Å². The van der Waals surface area contributed by atoms with Gasteiger partial charge in [-0.1, -0.05) is 30.3 Å². The lowest BCUT2D eigenvalue weighted by Crippen LogP contribution is -1.84. The molecule has 0 saturated heterocycles. The van der Waals surface area contributed by atoms with Gasteiger partial charge in [-0.3, -0.25) is 4.99 Å². The van der Waals surface area contributed by atoms with E-state index in [1.807, 2.05) is 30.6 Å². The highest BCUT2D eigenvalue weighted by atomic mass is 14.7. The third-order valence-corrected chi connectivity index (χ3v) is 3.08. The summed E-state index contributed by atoms with van der Waals surface area (Å²) in [4.78, 5) is 7.72. The molecule has 1 aromatic heterocycles. The van der Waals surface area contributed by atoms with Crippen molar-refractivity contribution in [2.75, 3.05) is 0 Å². The minimum Gasteiger partial charge on any atom is -0.361 e. The molecular formula is C16H14N2. The van der Waals surface area contributed by atoms with Crippen molar-refractivity contribution in [1.29, 1.82) is 0 Å². The first-order valence-electron chi connectivity index (χ1n) is 6.00. The van der Waals surface area contributed by atoms with Crippen molar-refractivity contribution < 1.29 is 0 Å². The number of fused-ring (bicyclic) bond motifs is 1. The van der Waals surface area contributed by atoms with Crippen molar-refractivity contribution in [3.63, 3.8) is 0 Å². The van der Waals surface area contributed by atoms with Crippen molar-refractivity contribution in [1.82, 2.24) is 4.98 Å². The molecule has 1 heterocycles. The maximum atomic E-state index is 4.52. The van der Waals surface area contributed by atoms with Gasteiger partial charge in [-0.25, -0.2) is 0 Å². The van der Waals surface area contributed by atoms with Gasteiger partial charge >= 0.3 is 0 Å². The SMILES string of the molecule is Cc1ccccc1C=Nc1ccc2cc[nH]c2c1. The highest BCUT2D eigenvalue weighted by Crippen LogP contribution is 2.20. The Morgan fingerprint density at radius 1 is 1.06 bits per heavy atom. The molecule has 2 aromatic carbocycles. The van der Waals surface area contributed by atoms with Gasteiger partial charge in [-0.2, -0.15) is 0 Å². The monoisotopic (exact) mass is 234 g/mol. The Hall–Kier alpha value is -2.35. The van der Waals surface area contributed by atoms with Crippen molar-refractivity contribution >= 4 is 22.8 Å². The maximum Gasteiger partial charge on any atom is 0.0650 e. The first-order chi connectivity index (χ1) is 8.83. The molecule has 1 N–H and O–H groups in total. The van der Waals surface area contributed by atoms with Crippen LogP contribution in [-0.2, 0) is 0 Å². The molecule has 0 bridgehead atoms. The zero-order valence-corrected chi connectivity index (χ0v) is 10.2. The molecule has 18 heavy (non-hydrogen) atoms. The Labute approximate surface area is 106 Å². The number of aryl methyl sites for hydroxylation is 1. The van der Waals surface area contributed by atoms with Crippen molar-refractivity contribution in [3.05, 3.63) is 65.9 Å². The Bertz CT molecular complexity index is 708. The van der Waals surface area contributed by atoms with Crippen LogP contribution in [0.25, 0.3) is 10.9 Å². The zero-order chi connectivity index (χ0) is 12.4. The van der Waals surface area contributed by atoms with Crippen LogP contribution in [0.15, 0.2) is 59.7 Å². The van der Waals surface area contributed by atoms with E-state index in [1.165, 1.54) is 10.9 Å². The van der Waals surface area contributed by atoms with Crippen LogP contribution >= 0.6 is 0 Å². The van der Waals surface area contributed by atoms with E-state index in [0.717, 1.165) is 16.8 Å². The number of hydrogen-bond donors (Lipinski definition) is 1. The lowest BCUT2D eigenvalue weighted by molar-refractivity contribution is 1.43. The Kier molecular flexibility index (Phi) is 2.69. The Balaban J connectivity index is 1.94. The van der Waals surface area contributed by atoms with E-state index in [2.05, 4.69) is 47.2 Å². The molecule has 3 aromatic rings. The van der Waals surface area contributed by atoms with Gasteiger partial charge in [0.25, 0.3) is 0 Å². The molecule has 88 valence electrons. The molecule has 2 heteroatoms. The van der Waals surface area contributed by atoms with Crippen molar-refractivity contribution in [2.24, 2.45) is 4.99 Å². The fraction of sp³-hybridized carbons (Fsp3) is 0.0625. The normalized spacial score (nSPS) is 11.4. The summed E-state index contributed by atoms with van der Waals surface area (Å²) in [6.45, 7) is 2.09. The fourth-order valence-corrected chi connectivity index (χ4v) is 1.99. The summed E-state index contributed by atoms with van der Waals surface area (Å²) >= 11 is 0. The quantitative estimate of drug-likeness (QED) is 0.643. The van der Waals surface area contributed by atoms with E-state index in [4.69, 9.17) is 0 Å².